The number of hydrogen-bond acceptors (Lipinski definition) is 1. The largest absolute Gasteiger partial charge is 0.313 e. The molecular weight excluding hydrogens is 427 g/mol. The van der Waals surface area contributed by atoms with Gasteiger partial charge in [0.25, 0.3) is 0 Å². The molecule has 3 atom stereocenters. The van der Waals surface area contributed by atoms with Crippen LogP contribution in [0.25, 0.3) is 0 Å². The predicted molar refractivity (Wildman–Crippen MR) is 146 cm³/mol. The van der Waals surface area contributed by atoms with E-state index in [1.807, 2.05) is 12.1 Å². The van der Waals surface area contributed by atoms with Crippen molar-refractivity contribution in [1.29, 1.82) is 0 Å². The van der Waals surface area contributed by atoms with E-state index in [1.165, 1.54) is 42.3 Å². The van der Waals surface area contributed by atoms with Gasteiger partial charge in [-0.3, -0.25) is 0 Å². The predicted octanol–water partition coefficient (Wildman–Crippen LogP) is 7.37. The Labute approximate surface area is 197 Å². The molecule has 0 saturated heterocycles. The van der Waals surface area contributed by atoms with Crippen LogP contribution < -0.4 is 10.6 Å². The molecule has 2 aromatic carbocycles. The SMILES string of the molecule is CCS(CC)(CC)C[C@@H]1CCCC2=CC[C@H](P(=O)(c3ccccc3)c3ccccc3)C[C@H]21. The van der Waals surface area contributed by atoms with Crippen molar-refractivity contribution < 1.29 is 4.57 Å². The summed E-state index contributed by atoms with van der Waals surface area (Å²) in [6.07, 6.45) is 8.56. The van der Waals surface area contributed by atoms with E-state index < -0.39 is 17.2 Å². The van der Waals surface area contributed by atoms with Crippen molar-refractivity contribution in [2.24, 2.45) is 11.8 Å². The molecule has 0 radical (unpaired) electrons. The Bertz CT molecular complexity index is 896. The summed E-state index contributed by atoms with van der Waals surface area (Å²) < 4.78 is 15.0. The smallest absolute Gasteiger partial charge is 0.146 e. The van der Waals surface area contributed by atoms with Crippen LogP contribution in [0, 0.1) is 11.8 Å². The monoisotopic (exact) mass is 468 g/mol. The Morgan fingerprint density at radius 2 is 1.44 bits per heavy atom. The summed E-state index contributed by atoms with van der Waals surface area (Å²) in [5, 5.41) is 2.08. The maximum absolute atomic E-state index is 15.0. The minimum absolute atomic E-state index is 0.218. The standard InChI is InChI=1S/C29H41OPS/c1-4-32(5-2,6-3)23-25-15-13-14-24-20-21-28(22-29(24)25)31(30,26-16-9-7-10-17-26)27-18-11-8-12-19-27/h7-12,16-20,25,28-29H,4-6,13-15,21-23H2,1-3H3/t25-,28-,29+/m0/s1. The molecule has 0 aliphatic heterocycles. The first-order valence-corrected chi connectivity index (χ1v) is 16.8. The van der Waals surface area contributed by atoms with Gasteiger partial charge in [-0.2, -0.15) is 0 Å². The van der Waals surface area contributed by atoms with Gasteiger partial charge in [0.05, 0.1) is 0 Å². The van der Waals surface area contributed by atoms with Crippen LogP contribution in [0.5, 0.6) is 0 Å². The molecule has 2 aromatic rings. The van der Waals surface area contributed by atoms with Gasteiger partial charge in [-0.15, -0.1) is 0 Å². The molecule has 4 rings (SSSR count). The number of benzene rings is 2. The van der Waals surface area contributed by atoms with Crippen molar-refractivity contribution in [3.8, 4) is 0 Å². The van der Waals surface area contributed by atoms with Crippen LogP contribution in [0.4, 0.5) is 0 Å². The Morgan fingerprint density at radius 1 is 0.875 bits per heavy atom. The first kappa shape index (κ1) is 23.9. The third kappa shape index (κ3) is 4.55. The number of allylic oxidation sites excluding steroid dienone is 2. The lowest BCUT2D eigenvalue weighted by Crippen LogP contribution is -2.36. The molecule has 0 spiro atoms. The minimum Gasteiger partial charge on any atom is -0.313 e. The van der Waals surface area contributed by atoms with Gasteiger partial charge in [-0.1, -0.05) is 93.1 Å². The molecule has 174 valence electrons. The summed E-state index contributed by atoms with van der Waals surface area (Å²) in [5.41, 5.74) is 1.91. The van der Waals surface area contributed by atoms with Crippen molar-refractivity contribution in [2.75, 3.05) is 23.0 Å². The number of rotatable bonds is 8. The molecule has 0 aromatic heterocycles. The molecule has 32 heavy (non-hydrogen) atoms. The Morgan fingerprint density at radius 3 is 1.97 bits per heavy atom. The van der Waals surface area contributed by atoms with Crippen LogP contribution in [0.2, 0.25) is 0 Å². The van der Waals surface area contributed by atoms with Crippen molar-refractivity contribution >= 4 is 27.8 Å². The fraction of sp³-hybridized carbons (Fsp3) is 0.517. The fourth-order valence-electron chi connectivity index (χ4n) is 6.32. The zero-order chi connectivity index (χ0) is 22.6. The van der Waals surface area contributed by atoms with E-state index in [0.29, 0.717) is 5.92 Å². The third-order valence-electron chi connectivity index (χ3n) is 8.46. The van der Waals surface area contributed by atoms with Crippen LogP contribution in [-0.2, 0) is 4.57 Å². The van der Waals surface area contributed by atoms with Crippen molar-refractivity contribution in [3.05, 3.63) is 72.3 Å². The highest BCUT2D eigenvalue weighted by molar-refractivity contribution is 8.33. The first-order chi connectivity index (χ1) is 15.6. The Hall–Kier alpha value is -1.24. The molecule has 3 heteroatoms. The summed E-state index contributed by atoms with van der Waals surface area (Å²) in [7, 11) is -3.21. The second-order valence-corrected chi connectivity index (χ2v) is 17.3. The van der Waals surface area contributed by atoms with Crippen molar-refractivity contribution in [1.82, 2.24) is 0 Å². The van der Waals surface area contributed by atoms with Gasteiger partial charge in [0.15, 0.2) is 0 Å². The summed E-state index contributed by atoms with van der Waals surface area (Å²) in [5.74, 6) is 6.92. The number of hydrogen-bond donors (Lipinski definition) is 0. The van der Waals surface area contributed by atoms with Crippen molar-refractivity contribution in [3.63, 3.8) is 0 Å². The lowest BCUT2D eigenvalue weighted by molar-refractivity contribution is 0.300. The minimum atomic E-state index is -2.70. The molecule has 1 nitrogen and oxygen atoms in total. The number of fused-ring (bicyclic) bond motifs is 1. The van der Waals surface area contributed by atoms with E-state index in [2.05, 4.69) is 75.4 Å². The molecule has 0 bridgehead atoms. The second-order valence-electron chi connectivity index (χ2n) is 9.75. The third-order valence-corrected chi connectivity index (χ3v) is 16.9. The Kier molecular flexibility index (Phi) is 7.73. The van der Waals surface area contributed by atoms with Gasteiger partial charge in [-0.25, -0.2) is 10.0 Å². The summed E-state index contributed by atoms with van der Waals surface area (Å²) in [6.45, 7) is 7.26. The van der Waals surface area contributed by atoms with E-state index in [-0.39, 0.29) is 5.66 Å². The summed E-state index contributed by atoms with van der Waals surface area (Å²) >= 11 is 0. The van der Waals surface area contributed by atoms with Crippen LogP contribution in [-0.4, -0.2) is 28.7 Å². The van der Waals surface area contributed by atoms with Gasteiger partial charge in [-0.05, 0) is 67.0 Å². The maximum Gasteiger partial charge on any atom is 0.146 e. The zero-order valence-corrected chi connectivity index (χ0v) is 21.9. The van der Waals surface area contributed by atoms with Crippen LogP contribution in [0.1, 0.15) is 52.9 Å². The van der Waals surface area contributed by atoms with Crippen LogP contribution >= 0.6 is 17.2 Å². The molecule has 0 amide bonds. The van der Waals surface area contributed by atoms with Crippen molar-refractivity contribution in [2.45, 2.75) is 58.5 Å². The molecule has 1 fully saturated rings. The van der Waals surface area contributed by atoms with Gasteiger partial charge >= 0.3 is 0 Å². The lowest BCUT2D eigenvalue weighted by atomic mass is 9.71. The molecule has 0 unspecified atom stereocenters. The molecule has 1 saturated carbocycles. The zero-order valence-electron chi connectivity index (χ0n) is 20.2. The van der Waals surface area contributed by atoms with Crippen LogP contribution in [0.3, 0.4) is 0 Å². The molecular formula is C29H41OPS. The van der Waals surface area contributed by atoms with Crippen LogP contribution in [0.15, 0.2) is 72.3 Å². The van der Waals surface area contributed by atoms with Gasteiger partial charge in [0, 0.05) is 16.3 Å². The van der Waals surface area contributed by atoms with E-state index in [0.717, 1.165) is 29.4 Å². The Balaban J connectivity index is 1.69. The average Bonchev–Trinajstić information content (AvgIpc) is 2.88. The molecule has 0 heterocycles. The first-order valence-electron chi connectivity index (χ1n) is 12.7. The normalized spacial score (nSPS) is 24.5. The second kappa shape index (κ2) is 10.4. The summed E-state index contributed by atoms with van der Waals surface area (Å²) in [6, 6.07) is 20.7. The van der Waals surface area contributed by atoms with E-state index in [1.54, 1.807) is 5.57 Å². The van der Waals surface area contributed by atoms with Gasteiger partial charge < -0.3 is 4.57 Å². The fourth-order valence-corrected chi connectivity index (χ4v) is 12.9. The summed E-state index contributed by atoms with van der Waals surface area (Å²) in [4.78, 5) is 0. The highest BCUT2D eigenvalue weighted by atomic mass is 32.3. The van der Waals surface area contributed by atoms with E-state index in [4.69, 9.17) is 0 Å². The molecule has 0 N–H and O–H groups in total. The quantitative estimate of drug-likeness (QED) is 0.292. The van der Waals surface area contributed by atoms with Gasteiger partial charge in [0.1, 0.15) is 7.14 Å². The van der Waals surface area contributed by atoms with E-state index >= 15 is 0 Å². The maximum atomic E-state index is 15.0. The molecule has 2 aliphatic carbocycles. The molecule has 2 aliphatic rings. The lowest BCUT2D eigenvalue weighted by Gasteiger charge is -2.47. The average molecular weight is 469 g/mol. The highest BCUT2D eigenvalue weighted by Crippen LogP contribution is 2.58. The highest BCUT2D eigenvalue weighted by Gasteiger charge is 2.43. The van der Waals surface area contributed by atoms with Gasteiger partial charge in [0.2, 0.25) is 0 Å². The topological polar surface area (TPSA) is 17.1 Å². The van der Waals surface area contributed by atoms with E-state index in [9.17, 15) is 4.57 Å².